The molecule has 1 nitrogen and oxygen atoms in total. The molecule has 0 spiro atoms. The van der Waals surface area contributed by atoms with Crippen molar-refractivity contribution in [1.29, 1.82) is 0 Å². The molecule has 1 heteroatoms. The van der Waals surface area contributed by atoms with Crippen LogP contribution in [0.2, 0.25) is 0 Å². The highest BCUT2D eigenvalue weighted by Crippen LogP contribution is 2.39. The van der Waals surface area contributed by atoms with Crippen molar-refractivity contribution in [2.45, 2.75) is 51.5 Å². The number of nitrogens with one attached hydrogen (secondary N) is 1. The van der Waals surface area contributed by atoms with E-state index >= 15 is 0 Å². The van der Waals surface area contributed by atoms with Crippen molar-refractivity contribution in [3.63, 3.8) is 0 Å². The summed E-state index contributed by atoms with van der Waals surface area (Å²) in [6, 6.07) is 9.55. The van der Waals surface area contributed by atoms with Crippen molar-refractivity contribution in [1.82, 2.24) is 5.32 Å². The van der Waals surface area contributed by atoms with Crippen molar-refractivity contribution < 1.29 is 0 Å². The highest BCUT2D eigenvalue weighted by molar-refractivity contribution is 5.34. The molecular formula is C15H23N. The van der Waals surface area contributed by atoms with Gasteiger partial charge in [0.2, 0.25) is 0 Å². The predicted molar refractivity (Wildman–Crippen MR) is 69.7 cm³/mol. The average Bonchev–Trinajstić information content (AvgIpc) is 2.25. The van der Waals surface area contributed by atoms with Gasteiger partial charge in [-0.2, -0.15) is 0 Å². The van der Waals surface area contributed by atoms with Crippen LogP contribution in [-0.2, 0) is 0 Å². The van der Waals surface area contributed by atoms with E-state index in [0.717, 1.165) is 12.5 Å². The standard InChI is InChI=1S/C15H23N/c1-3-15(16-4-2)14-11-6-5-10-13(14)12-8-7-9-12/h5-6,10-12,15-16H,3-4,7-9H2,1-2H3. The molecule has 0 heterocycles. The molecular weight excluding hydrogens is 194 g/mol. The van der Waals surface area contributed by atoms with Gasteiger partial charge in [-0.15, -0.1) is 0 Å². The lowest BCUT2D eigenvalue weighted by Crippen LogP contribution is -2.23. The van der Waals surface area contributed by atoms with Gasteiger partial charge in [-0.05, 0) is 42.9 Å². The third-order valence-corrected chi connectivity index (χ3v) is 3.78. The van der Waals surface area contributed by atoms with Crippen LogP contribution in [0, 0.1) is 0 Å². The van der Waals surface area contributed by atoms with Crippen LogP contribution in [0.1, 0.15) is 62.6 Å². The van der Waals surface area contributed by atoms with Crippen LogP contribution in [0.25, 0.3) is 0 Å². The van der Waals surface area contributed by atoms with Gasteiger partial charge < -0.3 is 5.32 Å². The molecule has 1 fully saturated rings. The van der Waals surface area contributed by atoms with E-state index in [0.29, 0.717) is 6.04 Å². The molecule has 0 aliphatic heterocycles. The molecule has 0 aromatic heterocycles. The van der Waals surface area contributed by atoms with Gasteiger partial charge in [0.1, 0.15) is 0 Å². The van der Waals surface area contributed by atoms with Gasteiger partial charge in [-0.25, -0.2) is 0 Å². The van der Waals surface area contributed by atoms with E-state index in [9.17, 15) is 0 Å². The van der Waals surface area contributed by atoms with Gasteiger partial charge in [-0.1, -0.05) is 44.5 Å². The first kappa shape index (κ1) is 11.7. The third-order valence-electron chi connectivity index (χ3n) is 3.78. The summed E-state index contributed by atoms with van der Waals surface area (Å²) in [5, 5.41) is 3.59. The Labute approximate surface area is 99.3 Å². The van der Waals surface area contributed by atoms with Crippen molar-refractivity contribution in [3.05, 3.63) is 35.4 Å². The van der Waals surface area contributed by atoms with E-state index in [-0.39, 0.29) is 0 Å². The lowest BCUT2D eigenvalue weighted by molar-refractivity contribution is 0.410. The number of hydrogen-bond acceptors (Lipinski definition) is 1. The third kappa shape index (κ3) is 2.30. The summed E-state index contributed by atoms with van der Waals surface area (Å²) in [4.78, 5) is 0. The summed E-state index contributed by atoms with van der Waals surface area (Å²) in [6.45, 7) is 5.51. The first-order chi connectivity index (χ1) is 7.86. The second kappa shape index (κ2) is 5.49. The summed E-state index contributed by atoms with van der Waals surface area (Å²) in [5.74, 6) is 0.837. The van der Waals surface area contributed by atoms with Crippen molar-refractivity contribution in [2.24, 2.45) is 0 Å². The lowest BCUT2D eigenvalue weighted by atomic mass is 9.77. The van der Waals surface area contributed by atoms with Crippen molar-refractivity contribution in [3.8, 4) is 0 Å². The summed E-state index contributed by atoms with van der Waals surface area (Å²) < 4.78 is 0. The first-order valence-corrected chi connectivity index (χ1v) is 6.69. The highest BCUT2D eigenvalue weighted by Gasteiger charge is 2.23. The van der Waals surface area contributed by atoms with Gasteiger partial charge in [0.15, 0.2) is 0 Å². The highest BCUT2D eigenvalue weighted by atomic mass is 14.9. The van der Waals surface area contributed by atoms with Gasteiger partial charge in [0.05, 0.1) is 0 Å². The monoisotopic (exact) mass is 217 g/mol. The zero-order valence-electron chi connectivity index (χ0n) is 10.5. The minimum Gasteiger partial charge on any atom is -0.310 e. The molecule has 2 rings (SSSR count). The molecule has 0 bridgehead atoms. The summed E-state index contributed by atoms with van der Waals surface area (Å²) in [6.07, 6.45) is 5.37. The fourth-order valence-corrected chi connectivity index (χ4v) is 2.64. The Morgan fingerprint density at radius 3 is 2.56 bits per heavy atom. The zero-order valence-corrected chi connectivity index (χ0v) is 10.5. The van der Waals surface area contributed by atoms with Crippen LogP contribution < -0.4 is 5.32 Å². The van der Waals surface area contributed by atoms with Crippen molar-refractivity contribution in [2.75, 3.05) is 6.54 Å². The van der Waals surface area contributed by atoms with Crippen LogP contribution in [0.4, 0.5) is 0 Å². The van der Waals surface area contributed by atoms with Gasteiger partial charge in [0, 0.05) is 6.04 Å². The lowest BCUT2D eigenvalue weighted by Gasteiger charge is -2.30. The molecule has 1 aliphatic rings. The maximum absolute atomic E-state index is 3.59. The predicted octanol–water partition coefficient (Wildman–Crippen LogP) is 4.01. The van der Waals surface area contributed by atoms with E-state index in [4.69, 9.17) is 0 Å². The minimum atomic E-state index is 0.543. The molecule has 1 atom stereocenters. The van der Waals surface area contributed by atoms with Crippen LogP contribution in [0.3, 0.4) is 0 Å². The fraction of sp³-hybridized carbons (Fsp3) is 0.600. The smallest absolute Gasteiger partial charge is 0.0320 e. The molecule has 0 saturated heterocycles. The minimum absolute atomic E-state index is 0.543. The molecule has 1 saturated carbocycles. The normalized spacial score (nSPS) is 18.1. The van der Waals surface area contributed by atoms with Gasteiger partial charge >= 0.3 is 0 Å². The van der Waals surface area contributed by atoms with Crippen LogP contribution >= 0.6 is 0 Å². The Morgan fingerprint density at radius 1 is 1.25 bits per heavy atom. The zero-order chi connectivity index (χ0) is 11.4. The van der Waals surface area contributed by atoms with E-state index < -0.39 is 0 Å². The number of benzene rings is 1. The Balaban J connectivity index is 2.23. The molecule has 16 heavy (non-hydrogen) atoms. The SMILES string of the molecule is CCNC(CC)c1ccccc1C1CCC1. The van der Waals surface area contributed by atoms with Crippen LogP contribution in [-0.4, -0.2) is 6.54 Å². The largest absolute Gasteiger partial charge is 0.310 e. The first-order valence-electron chi connectivity index (χ1n) is 6.69. The molecule has 88 valence electrons. The Hall–Kier alpha value is -0.820. The Kier molecular flexibility index (Phi) is 4.00. The van der Waals surface area contributed by atoms with E-state index in [1.54, 1.807) is 5.56 Å². The van der Waals surface area contributed by atoms with Gasteiger partial charge in [-0.3, -0.25) is 0 Å². The Bertz CT molecular complexity index is 328. The summed E-state index contributed by atoms with van der Waals surface area (Å²) in [5.41, 5.74) is 3.14. The fourth-order valence-electron chi connectivity index (χ4n) is 2.64. The molecule has 1 aromatic carbocycles. The average molecular weight is 217 g/mol. The van der Waals surface area contributed by atoms with E-state index in [1.165, 1.54) is 31.2 Å². The maximum Gasteiger partial charge on any atom is 0.0320 e. The topological polar surface area (TPSA) is 12.0 Å². The molecule has 0 amide bonds. The quantitative estimate of drug-likeness (QED) is 0.785. The van der Waals surface area contributed by atoms with E-state index in [2.05, 4.69) is 43.4 Å². The van der Waals surface area contributed by atoms with E-state index in [1.807, 2.05) is 0 Å². The van der Waals surface area contributed by atoms with Gasteiger partial charge in [0.25, 0.3) is 0 Å². The summed E-state index contributed by atoms with van der Waals surface area (Å²) in [7, 11) is 0. The second-order valence-corrected chi connectivity index (χ2v) is 4.78. The number of rotatable bonds is 5. The molecule has 1 aliphatic carbocycles. The molecule has 1 unspecified atom stereocenters. The molecule has 1 N–H and O–H groups in total. The Morgan fingerprint density at radius 2 is 2.00 bits per heavy atom. The molecule has 1 aromatic rings. The van der Waals surface area contributed by atoms with Crippen molar-refractivity contribution >= 4 is 0 Å². The second-order valence-electron chi connectivity index (χ2n) is 4.78. The summed E-state index contributed by atoms with van der Waals surface area (Å²) >= 11 is 0. The number of hydrogen-bond donors (Lipinski definition) is 1. The van der Waals surface area contributed by atoms with Crippen LogP contribution in [0.15, 0.2) is 24.3 Å². The molecule has 0 radical (unpaired) electrons. The van der Waals surface area contributed by atoms with Crippen LogP contribution in [0.5, 0.6) is 0 Å². The maximum atomic E-state index is 3.59.